The van der Waals surface area contributed by atoms with Crippen LogP contribution in [0.2, 0.25) is 0 Å². The maximum Gasteiger partial charge on any atom is 0.407 e. The minimum absolute atomic E-state index is 0.0504. The van der Waals surface area contributed by atoms with Crippen molar-refractivity contribution in [3.05, 3.63) is 12.7 Å². The van der Waals surface area contributed by atoms with Crippen LogP contribution in [0.15, 0.2) is 12.7 Å². The zero-order chi connectivity index (χ0) is 13.5. The first-order valence-electron chi connectivity index (χ1n) is 6.06. The highest BCUT2D eigenvalue weighted by molar-refractivity contribution is 5.69. The van der Waals surface area contributed by atoms with Crippen molar-refractivity contribution in [1.82, 2.24) is 10.2 Å². The van der Waals surface area contributed by atoms with E-state index in [1.807, 2.05) is 11.8 Å². The lowest BCUT2D eigenvalue weighted by Gasteiger charge is -2.41. The molecule has 0 aromatic heterocycles. The van der Waals surface area contributed by atoms with Crippen LogP contribution in [0.1, 0.15) is 19.8 Å². The number of rotatable bonds is 7. The third-order valence-corrected chi connectivity index (χ3v) is 3.03. The van der Waals surface area contributed by atoms with Gasteiger partial charge in [-0.2, -0.15) is 0 Å². The quantitative estimate of drug-likeness (QED) is 0.660. The molecule has 1 amide bonds. The molecule has 0 saturated heterocycles. The van der Waals surface area contributed by atoms with Gasteiger partial charge in [0.1, 0.15) is 6.61 Å². The molecule has 0 unspecified atom stereocenters. The first-order valence-corrected chi connectivity index (χ1v) is 6.06. The van der Waals surface area contributed by atoms with Gasteiger partial charge in [0.2, 0.25) is 0 Å². The monoisotopic (exact) mass is 256 g/mol. The molecule has 1 aliphatic carbocycles. The Bertz CT molecular complexity index is 313. The molecular formula is C12H20N2O4. The summed E-state index contributed by atoms with van der Waals surface area (Å²) in [6.07, 6.45) is 2.60. The smallest absolute Gasteiger partial charge is 0.407 e. The summed E-state index contributed by atoms with van der Waals surface area (Å²) in [6, 6.07) is 0.311. The maximum absolute atomic E-state index is 11.2. The number of carbonyl (C=O) groups excluding carboxylic acids is 1. The van der Waals surface area contributed by atoms with Crippen LogP contribution in [0.3, 0.4) is 0 Å². The van der Waals surface area contributed by atoms with Crippen LogP contribution in [0.25, 0.3) is 0 Å². The third-order valence-electron chi connectivity index (χ3n) is 3.03. The number of likely N-dealkylation sites (N-methyl/N-ethyl adjacent to an activating group) is 1. The molecular weight excluding hydrogens is 236 g/mol. The standard InChI is InChI=1S/C12H20N2O4/c1-3-5-18-12(17)13-9-6-10(7-9)14(4-2)8-11(15)16/h3,9-10H,1,4-8H2,2H3,(H,13,17)(H,15,16). The predicted octanol–water partition coefficient (Wildman–Crippen LogP) is 0.836. The first-order chi connectivity index (χ1) is 8.56. The number of hydrogen-bond acceptors (Lipinski definition) is 4. The minimum atomic E-state index is -0.821. The maximum atomic E-state index is 11.2. The van der Waals surface area contributed by atoms with Crippen LogP contribution in [-0.2, 0) is 9.53 Å². The highest BCUT2D eigenvalue weighted by Gasteiger charge is 2.34. The lowest BCUT2D eigenvalue weighted by Crippen LogP contribution is -2.54. The number of alkyl carbamates (subject to hydrolysis) is 1. The molecule has 1 fully saturated rings. The van der Waals surface area contributed by atoms with E-state index < -0.39 is 12.1 Å². The summed E-state index contributed by atoms with van der Waals surface area (Å²) in [7, 11) is 0. The Balaban J connectivity index is 2.23. The van der Waals surface area contributed by atoms with Gasteiger partial charge in [0, 0.05) is 12.1 Å². The van der Waals surface area contributed by atoms with Gasteiger partial charge in [0.05, 0.1) is 6.54 Å². The van der Waals surface area contributed by atoms with Gasteiger partial charge in [-0.1, -0.05) is 19.6 Å². The van der Waals surface area contributed by atoms with Gasteiger partial charge < -0.3 is 15.2 Å². The normalized spacial score (nSPS) is 22.1. The fourth-order valence-corrected chi connectivity index (χ4v) is 2.02. The molecule has 0 bridgehead atoms. The van der Waals surface area contributed by atoms with Crippen molar-refractivity contribution in [1.29, 1.82) is 0 Å². The van der Waals surface area contributed by atoms with E-state index in [-0.39, 0.29) is 25.2 Å². The highest BCUT2D eigenvalue weighted by atomic mass is 16.5. The summed E-state index contributed by atoms with van der Waals surface area (Å²) in [6.45, 7) is 6.33. The van der Waals surface area contributed by atoms with E-state index in [0.717, 1.165) is 12.8 Å². The van der Waals surface area contributed by atoms with E-state index >= 15 is 0 Å². The summed E-state index contributed by atoms with van der Waals surface area (Å²) in [5.74, 6) is -0.821. The molecule has 6 nitrogen and oxygen atoms in total. The van der Waals surface area contributed by atoms with Gasteiger partial charge in [0.15, 0.2) is 0 Å². The Kier molecular flexibility index (Phi) is 5.64. The average molecular weight is 256 g/mol. The second-order valence-electron chi connectivity index (χ2n) is 4.31. The molecule has 6 heteroatoms. The summed E-state index contributed by atoms with van der Waals surface area (Å²) in [4.78, 5) is 23.8. The van der Waals surface area contributed by atoms with Crippen molar-refractivity contribution >= 4 is 12.1 Å². The molecule has 0 aromatic carbocycles. The first kappa shape index (κ1) is 14.5. The van der Waals surface area contributed by atoms with Gasteiger partial charge in [-0.3, -0.25) is 9.69 Å². The van der Waals surface area contributed by atoms with E-state index in [1.54, 1.807) is 0 Å². The van der Waals surface area contributed by atoms with Crippen LogP contribution < -0.4 is 5.32 Å². The summed E-state index contributed by atoms with van der Waals surface area (Å²) in [5, 5.41) is 11.5. The molecule has 1 saturated carbocycles. The van der Waals surface area contributed by atoms with Gasteiger partial charge >= 0.3 is 12.1 Å². The van der Waals surface area contributed by atoms with Crippen molar-refractivity contribution in [2.24, 2.45) is 0 Å². The summed E-state index contributed by atoms with van der Waals surface area (Å²) < 4.78 is 4.81. The number of carbonyl (C=O) groups is 2. The van der Waals surface area contributed by atoms with E-state index in [4.69, 9.17) is 9.84 Å². The van der Waals surface area contributed by atoms with Crippen molar-refractivity contribution in [2.75, 3.05) is 19.7 Å². The molecule has 2 N–H and O–H groups in total. The van der Waals surface area contributed by atoms with Crippen LogP contribution in [-0.4, -0.2) is 53.8 Å². The van der Waals surface area contributed by atoms with E-state index in [1.165, 1.54) is 6.08 Å². The lowest BCUT2D eigenvalue weighted by molar-refractivity contribution is -0.139. The Hall–Kier alpha value is -1.56. The largest absolute Gasteiger partial charge is 0.480 e. The third kappa shape index (κ3) is 4.37. The summed E-state index contributed by atoms with van der Waals surface area (Å²) >= 11 is 0. The Morgan fingerprint density at radius 1 is 1.56 bits per heavy atom. The lowest BCUT2D eigenvalue weighted by atomic mass is 9.85. The Labute approximate surface area is 107 Å². The van der Waals surface area contributed by atoms with E-state index in [9.17, 15) is 9.59 Å². The second kappa shape index (κ2) is 7.00. The highest BCUT2D eigenvalue weighted by Crippen LogP contribution is 2.25. The number of carboxylic acids is 1. The minimum Gasteiger partial charge on any atom is -0.480 e. The zero-order valence-corrected chi connectivity index (χ0v) is 10.6. The van der Waals surface area contributed by atoms with Crippen LogP contribution >= 0.6 is 0 Å². The van der Waals surface area contributed by atoms with E-state index in [0.29, 0.717) is 6.54 Å². The van der Waals surface area contributed by atoms with Crippen molar-refractivity contribution in [3.63, 3.8) is 0 Å². The SMILES string of the molecule is C=CCOC(=O)NC1CC(N(CC)CC(=O)O)C1. The van der Waals surface area contributed by atoms with Gasteiger partial charge in [-0.05, 0) is 19.4 Å². The number of nitrogens with zero attached hydrogens (tertiary/aromatic N) is 1. The average Bonchev–Trinajstić information content (AvgIpc) is 2.27. The molecule has 0 heterocycles. The molecule has 1 aliphatic rings. The molecule has 0 spiro atoms. The van der Waals surface area contributed by atoms with Crippen LogP contribution in [0, 0.1) is 0 Å². The fourth-order valence-electron chi connectivity index (χ4n) is 2.02. The zero-order valence-electron chi connectivity index (χ0n) is 10.6. The number of aliphatic carboxylic acids is 1. The topological polar surface area (TPSA) is 78.9 Å². The summed E-state index contributed by atoms with van der Waals surface area (Å²) in [5.41, 5.74) is 0. The molecule has 1 rings (SSSR count). The van der Waals surface area contributed by atoms with Crippen LogP contribution in [0.5, 0.6) is 0 Å². The molecule has 0 atom stereocenters. The van der Waals surface area contributed by atoms with Crippen molar-refractivity contribution < 1.29 is 19.4 Å². The van der Waals surface area contributed by atoms with Gasteiger partial charge in [0.25, 0.3) is 0 Å². The van der Waals surface area contributed by atoms with Crippen LogP contribution in [0.4, 0.5) is 4.79 Å². The van der Waals surface area contributed by atoms with Gasteiger partial charge in [-0.25, -0.2) is 4.79 Å². The molecule has 0 aromatic rings. The molecule has 0 radical (unpaired) electrons. The Morgan fingerprint density at radius 2 is 2.22 bits per heavy atom. The van der Waals surface area contributed by atoms with Crippen molar-refractivity contribution in [2.45, 2.75) is 31.8 Å². The fraction of sp³-hybridized carbons (Fsp3) is 0.667. The molecule has 0 aliphatic heterocycles. The number of amides is 1. The molecule has 102 valence electrons. The number of hydrogen-bond donors (Lipinski definition) is 2. The van der Waals surface area contributed by atoms with Crippen molar-refractivity contribution in [3.8, 4) is 0 Å². The second-order valence-corrected chi connectivity index (χ2v) is 4.31. The molecule has 18 heavy (non-hydrogen) atoms. The predicted molar refractivity (Wildman–Crippen MR) is 66.4 cm³/mol. The number of ether oxygens (including phenoxy) is 1. The number of carboxylic acid groups (broad SMARTS) is 1. The Morgan fingerprint density at radius 3 is 2.72 bits per heavy atom. The number of nitrogens with one attached hydrogen (secondary N) is 1. The van der Waals surface area contributed by atoms with E-state index in [2.05, 4.69) is 11.9 Å². The van der Waals surface area contributed by atoms with Gasteiger partial charge in [-0.15, -0.1) is 0 Å².